The van der Waals surface area contributed by atoms with E-state index in [1.54, 1.807) is 0 Å². The molecule has 1 aromatic carbocycles. The van der Waals surface area contributed by atoms with Gasteiger partial charge in [0.05, 0.1) is 6.61 Å². The summed E-state index contributed by atoms with van der Waals surface area (Å²) in [6, 6.07) is 7.70. The zero-order valence-corrected chi connectivity index (χ0v) is 16.8. The second kappa shape index (κ2) is 12.4. The summed E-state index contributed by atoms with van der Waals surface area (Å²) in [5.41, 5.74) is 2.16. The normalized spacial score (nSPS) is 12.1. The molecule has 0 radical (unpaired) electrons. The Balaban J connectivity index is 1.78. The fourth-order valence-corrected chi connectivity index (χ4v) is 3.03. The molecule has 0 aliphatic carbocycles. The Labute approximate surface area is 163 Å². The molecule has 27 heavy (non-hydrogen) atoms. The van der Waals surface area contributed by atoms with Crippen LogP contribution in [0.25, 0.3) is 11.4 Å². The van der Waals surface area contributed by atoms with Crippen molar-refractivity contribution < 1.29 is 9.13 Å². The van der Waals surface area contributed by atoms with E-state index in [9.17, 15) is 4.39 Å². The van der Waals surface area contributed by atoms with Gasteiger partial charge in [-0.3, -0.25) is 0 Å². The third-order valence-corrected chi connectivity index (χ3v) is 4.69. The summed E-state index contributed by atoms with van der Waals surface area (Å²) in [5.74, 6) is 1.48. The van der Waals surface area contributed by atoms with Crippen molar-refractivity contribution in [1.29, 1.82) is 0 Å². The average Bonchev–Trinajstić information content (AvgIpc) is 2.69. The van der Waals surface area contributed by atoms with Gasteiger partial charge in [-0.05, 0) is 49.1 Å². The van der Waals surface area contributed by atoms with Gasteiger partial charge in [0, 0.05) is 24.4 Å². The summed E-state index contributed by atoms with van der Waals surface area (Å²) in [6.45, 7) is 4.64. The molecule has 0 spiro atoms. The lowest BCUT2D eigenvalue weighted by Crippen LogP contribution is -2.07. The van der Waals surface area contributed by atoms with Gasteiger partial charge < -0.3 is 4.74 Å². The monoisotopic (exact) mass is 372 g/mol. The van der Waals surface area contributed by atoms with Gasteiger partial charge in [0.25, 0.3) is 0 Å². The minimum absolute atomic E-state index is 0.407. The second-order valence-corrected chi connectivity index (χ2v) is 7.13. The van der Waals surface area contributed by atoms with Crippen molar-refractivity contribution in [2.45, 2.75) is 77.8 Å². The summed E-state index contributed by atoms with van der Waals surface area (Å²) >= 11 is 0. The van der Waals surface area contributed by atoms with Crippen LogP contribution in [-0.4, -0.2) is 22.7 Å². The van der Waals surface area contributed by atoms with Crippen LogP contribution in [0.5, 0.6) is 5.75 Å². The minimum Gasteiger partial charge on any atom is -0.493 e. The lowest BCUT2D eigenvalue weighted by molar-refractivity contribution is 0.225. The number of halogens is 1. The molecule has 4 heteroatoms. The third-order valence-electron chi connectivity index (χ3n) is 4.69. The molecule has 0 N–H and O–H groups in total. The summed E-state index contributed by atoms with van der Waals surface area (Å²) in [5, 5.41) is 0. The standard InChI is InChI=1S/C23H33FN2O/c1-3-5-6-7-8-10-19-17-25-23(26-18-19)20-11-13-22(14-12-20)27-16-15-21(24)9-4-2/h11-14,17-18,21H,3-10,15-16H2,1-2H3. The molecule has 2 aromatic rings. The fourth-order valence-electron chi connectivity index (χ4n) is 3.03. The molecule has 1 heterocycles. The smallest absolute Gasteiger partial charge is 0.159 e. The maximum atomic E-state index is 13.5. The van der Waals surface area contributed by atoms with E-state index < -0.39 is 6.17 Å². The Kier molecular flexibility index (Phi) is 9.81. The van der Waals surface area contributed by atoms with Gasteiger partial charge in [0.15, 0.2) is 5.82 Å². The minimum atomic E-state index is -0.771. The Hall–Kier alpha value is -1.97. The highest BCUT2D eigenvalue weighted by molar-refractivity contribution is 5.55. The van der Waals surface area contributed by atoms with Gasteiger partial charge in [-0.15, -0.1) is 0 Å². The maximum absolute atomic E-state index is 13.5. The highest BCUT2D eigenvalue weighted by Gasteiger charge is 2.06. The van der Waals surface area contributed by atoms with Crippen molar-refractivity contribution in [2.75, 3.05) is 6.61 Å². The van der Waals surface area contributed by atoms with Crippen LogP contribution in [0.4, 0.5) is 4.39 Å². The first-order valence-corrected chi connectivity index (χ1v) is 10.4. The second-order valence-electron chi connectivity index (χ2n) is 7.13. The molecule has 0 amide bonds. The number of nitrogens with zero attached hydrogens (tertiary/aromatic N) is 2. The maximum Gasteiger partial charge on any atom is 0.159 e. The quantitative estimate of drug-likeness (QED) is 0.373. The van der Waals surface area contributed by atoms with Crippen molar-refractivity contribution in [3.05, 3.63) is 42.2 Å². The molecule has 0 saturated heterocycles. The Morgan fingerprint density at radius 3 is 2.26 bits per heavy atom. The summed E-state index contributed by atoms with van der Waals surface area (Å²) < 4.78 is 19.1. The van der Waals surface area contributed by atoms with E-state index in [4.69, 9.17) is 4.74 Å². The first-order chi connectivity index (χ1) is 13.2. The highest BCUT2D eigenvalue weighted by atomic mass is 19.1. The topological polar surface area (TPSA) is 35.0 Å². The number of rotatable bonds is 13. The Morgan fingerprint density at radius 1 is 0.889 bits per heavy atom. The van der Waals surface area contributed by atoms with Gasteiger partial charge in [-0.2, -0.15) is 0 Å². The van der Waals surface area contributed by atoms with Crippen molar-refractivity contribution in [2.24, 2.45) is 0 Å². The van der Waals surface area contributed by atoms with Crippen molar-refractivity contribution >= 4 is 0 Å². The first-order valence-electron chi connectivity index (χ1n) is 10.4. The molecule has 3 nitrogen and oxygen atoms in total. The third kappa shape index (κ3) is 8.06. The Bertz CT molecular complexity index is 628. The van der Waals surface area contributed by atoms with Gasteiger partial charge in [0.1, 0.15) is 11.9 Å². The predicted octanol–water partition coefficient (Wildman–Crippen LogP) is 6.56. The van der Waals surface area contributed by atoms with E-state index in [2.05, 4.69) is 16.9 Å². The molecule has 148 valence electrons. The molecule has 1 aromatic heterocycles. The van der Waals surface area contributed by atoms with Crippen LogP contribution in [0.3, 0.4) is 0 Å². The molecule has 2 rings (SSSR count). The van der Waals surface area contributed by atoms with Crippen LogP contribution in [0.15, 0.2) is 36.7 Å². The molecule has 0 saturated carbocycles. The number of aromatic nitrogens is 2. The van der Waals surface area contributed by atoms with Crippen molar-refractivity contribution in [3.8, 4) is 17.1 Å². The molecule has 0 bridgehead atoms. The van der Waals surface area contributed by atoms with Crippen molar-refractivity contribution in [3.63, 3.8) is 0 Å². The summed E-state index contributed by atoms with van der Waals surface area (Å²) in [6.07, 6.45) is 12.4. The summed E-state index contributed by atoms with van der Waals surface area (Å²) in [7, 11) is 0. The van der Waals surface area contributed by atoms with Crippen LogP contribution in [0, 0.1) is 0 Å². The average molecular weight is 373 g/mol. The van der Waals surface area contributed by atoms with E-state index in [1.165, 1.54) is 37.7 Å². The van der Waals surface area contributed by atoms with Gasteiger partial charge in [-0.25, -0.2) is 14.4 Å². The predicted molar refractivity (Wildman–Crippen MR) is 110 cm³/mol. The number of hydrogen-bond donors (Lipinski definition) is 0. The number of hydrogen-bond acceptors (Lipinski definition) is 3. The van der Waals surface area contributed by atoms with Gasteiger partial charge in [-0.1, -0.05) is 46.0 Å². The van der Waals surface area contributed by atoms with E-state index in [1.807, 2.05) is 43.6 Å². The molecule has 0 aliphatic heterocycles. The van der Waals surface area contributed by atoms with E-state index in [0.29, 0.717) is 19.4 Å². The van der Waals surface area contributed by atoms with E-state index in [0.717, 1.165) is 30.0 Å². The van der Waals surface area contributed by atoms with Crippen LogP contribution < -0.4 is 4.74 Å². The molecular weight excluding hydrogens is 339 g/mol. The van der Waals surface area contributed by atoms with Crippen LogP contribution in [0.1, 0.15) is 70.8 Å². The van der Waals surface area contributed by atoms with E-state index >= 15 is 0 Å². The zero-order chi connectivity index (χ0) is 19.3. The summed E-state index contributed by atoms with van der Waals surface area (Å²) in [4.78, 5) is 9.00. The lowest BCUT2D eigenvalue weighted by Gasteiger charge is -2.09. The van der Waals surface area contributed by atoms with Crippen LogP contribution >= 0.6 is 0 Å². The number of ether oxygens (including phenoxy) is 1. The van der Waals surface area contributed by atoms with Crippen LogP contribution in [-0.2, 0) is 6.42 Å². The molecular formula is C23H33FN2O. The number of unbranched alkanes of at least 4 members (excludes halogenated alkanes) is 4. The largest absolute Gasteiger partial charge is 0.493 e. The molecule has 1 unspecified atom stereocenters. The van der Waals surface area contributed by atoms with Crippen molar-refractivity contribution in [1.82, 2.24) is 9.97 Å². The molecule has 0 aliphatic rings. The van der Waals surface area contributed by atoms with Crippen LogP contribution in [0.2, 0.25) is 0 Å². The van der Waals surface area contributed by atoms with Gasteiger partial charge in [0.2, 0.25) is 0 Å². The van der Waals surface area contributed by atoms with Gasteiger partial charge >= 0.3 is 0 Å². The zero-order valence-electron chi connectivity index (χ0n) is 16.8. The number of benzene rings is 1. The Morgan fingerprint density at radius 2 is 1.59 bits per heavy atom. The first kappa shape index (κ1) is 21.3. The number of aryl methyl sites for hydroxylation is 1. The number of alkyl halides is 1. The molecule has 1 atom stereocenters. The lowest BCUT2D eigenvalue weighted by atomic mass is 10.1. The molecule has 0 fully saturated rings. The SMILES string of the molecule is CCCCCCCc1cnc(-c2ccc(OCCC(F)CCC)cc2)nc1. The van der Waals surface area contributed by atoms with E-state index in [-0.39, 0.29) is 0 Å². The fraction of sp³-hybridized carbons (Fsp3) is 0.565. The highest BCUT2D eigenvalue weighted by Crippen LogP contribution is 2.20.